The van der Waals surface area contributed by atoms with Gasteiger partial charge in [0, 0.05) is 6.04 Å². The summed E-state index contributed by atoms with van der Waals surface area (Å²) in [6.45, 7) is 4.56. The van der Waals surface area contributed by atoms with Gasteiger partial charge in [0.2, 0.25) is 0 Å². The Morgan fingerprint density at radius 3 is 2.87 bits per heavy atom. The van der Waals surface area contributed by atoms with Crippen LogP contribution in [0.1, 0.15) is 58.8 Å². The molecule has 15 heavy (non-hydrogen) atoms. The molecule has 2 heteroatoms. The quantitative estimate of drug-likeness (QED) is 0.415. The van der Waals surface area contributed by atoms with Gasteiger partial charge in [0.1, 0.15) is 0 Å². The molecule has 0 fully saturated rings. The number of hydrazine groups is 1. The Labute approximate surface area is 94.3 Å². The fourth-order valence-electron chi connectivity index (χ4n) is 2.25. The highest BCUT2D eigenvalue weighted by atomic mass is 15.2. The topological polar surface area (TPSA) is 38.0 Å². The second-order valence-corrected chi connectivity index (χ2v) is 4.85. The molecule has 1 rings (SSSR count). The van der Waals surface area contributed by atoms with Crippen LogP contribution in [0.5, 0.6) is 0 Å². The van der Waals surface area contributed by atoms with E-state index < -0.39 is 0 Å². The first-order valence-corrected chi connectivity index (χ1v) is 6.43. The summed E-state index contributed by atoms with van der Waals surface area (Å²) in [6, 6.07) is 0.415. The molecule has 88 valence electrons. The molecule has 0 radical (unpaired) electrons. The molecule has 0 aromatic heterocycles. The van der Waals surface area contributed by atoms with Crippen molar-refractivity contribution in [3.63, 3.8) is 0 Å². The summed E-state index contributed by atoms with van der Waals surface area (Å²) >= 11 is 0. The minimum Gasteiger partial charge on any atom is -0.271 e. The Bertz CT molecular complexity index is 199. The molecule has 1 aliphatic rings. The van der Waals surface area contributed by atoms with Crippen LogP contribution in [-0.4, -0.2) is 6.04 Å². The van der Waals surface area contributed by atoms with Crippen LogP contribution in [0.25, 0.3) is 0 Å². The largest absolute Gasteiger partial charge is 0.271 e. The van der Waals surface area contributed by atoms with E-state index in [-0.39, 0.29) is 0 Å². The van der Waals surface area contributed by atoms with Gasteiger partial charge in [0.15, 0.2) is 0 Å². The van der Waals surface area contributed by atoms with Gasteiger partial charge < -0.3 is 0 Å². The van der Waals surface area contributed by atoms with Gasteiger partial charge in [0.25, 0.3) is 0 Å². The summed E-state index contributed by atoms with van der Waals surface area (Å²) < 4.78 is 0. The molecule has 0 saturated carbocycles. The predicted molar refractivity (Wildman–Crippen MR) is 66.4 cm³/mol. The van der Waals surface area contributed by atoms with Crippen molar-refractivity contribution in [2.75, 3.05) is 0 Å². The average molecular weight is 210 g/mol. The lowest BCUT2D eigenvalue weighted by Gasteiger charge is -2.22. The molecule has 0 aromatic rings. The highest BCUT2D eigenvalue weighted by molar-refractivity contribution is 5.11. The van der Waals surface area contributed by atoms with Gasteiger partial charge in [-0.3, -0.25) is 11.3 Å². The zero-order chi connectivity index (χ0) is 11.1. The summed E-state index contributed by atoms with van der Waals surface area (Å²) in [6.07, 6.45) is 11.4. The van der Waals surface area contributed by atoms with Gasteiger partial charge in [-0.15, -0.1) is 0 Å². The zero-order valence-electron chi connectivity index (χ0n) is 10.3. The first-order chi connectivity index (χ1) is 7.27. The third-order valence-electron chi connectivity index (χ3n) is 3.56. The summed E-state index contributed by atoms with van der Waals surface area (Å²) in [5.74, 6) is 6.43. The van der Waals surface area contributed by atoms with Crippen molar-refractivity contribution in [2.45, 2.75) is 64.8 Å². The molecule has 2 nitrogen and oxygen atoms in total. The van der Waals surface area contributed by atoms with Crippen LogP contribution >= 0.6 is 0 Å². The van der Waals surface area contributed by atoms with Crippen molar-refractivity contribution in [3.05, 3.63) is 11.6 Å². The zero-order valence-corrected chi connectivity index (χ0v) is 10.3. The van der Waals surface area contributed by atoms with Gasteiger partial charge in [-0.05, 0) is 38.0 Å². The number of rotatable bonds is 5. The van der Waals surface area contributed by atoms with Gasteiger partial charge in [0.05, 0.1) is 0 Å². The fraction of sp³-hybridized carbons (Fsp3) is 0.846. The van der Waals surface area contributed by atoms with Crippen molar-refractivity contribution in [3.8, 4) is 0 Å². The van der Waals surface area contributed by atoms with Crippen molar-refractivity contribution in [1.29, 1.82) is 0 Å². The molecule has 2 atom stereocenters. The molecule has 0 bridgehead atoms. The Kier molecular flexibility index (Phi) is 5.96. The maximum absolute atomic E-state index is 5.67. The third kappa shape index (κ3) is 4.35. The lowest BCUT2D eigenvalue weighted by atomic mass is 9.92. The van der Waals surface area contributed by atoms with E-state index in [1.54, 1.807) is 5.57 Å². The van der Waals surface area contributed by atoms with E-state index in [1.165, 1.54) is 44.9 Å². The normalized spacial score (nSPS) is 21.7. The van der Waals surface area contributed by atoms with Crippen molar-refractivity contribution >= 4 is 0 Å². The van der Waals surface area contributed by atoms with Gasteiger partial charge in [-0.25, -0.2) is 0 Å². The van der Waals surface area contributed by atoms with E-state index in [2.05, 4.69) is 25.3 Å². The van der Waals surface area contributed by atoms with Gasteiger partial charge in [-0.2, -0.15) is 0 Å². The molecular weight excluding hydrogens is 184 g/mol. The number of allylic oxidation sites excluding steroid dienone is 1. The molecule has 1 aliphatic carbocycles. The standard InChI is InChI=1S/C13H26N2/c1-3-11(2)10-13(15-14)12-8-6-4-5-7-9-12/h8,11,13,15H,3-7,9-10,14H2,1-2H3. The molecule has 0 aromatic carbocycles. The number of nitrogens with two attached hydrogens (primary N) is 1. The Balaban J connectivity index is 2.51. The lowest BCUT2D eigenvalue weighted by Crippen LogP contribution is -2.37. The summed E-state index contributed by atoms with van der Waals surface area (Å²) in [5.41, 5.74) is 4.55. The number of hydrogen-bond donors (Lipinski definition) is 2. The summed E-state index contributed by atoms with van der Waals surface area (Å²) in [5, 5.41) is 0. The van der Waals surface area contributed by atoms with Crippen LogP contribution in [0.2, 0.25) is 0 Å². The average Bonchev–Trinajstić information content (AvgIpc) is 2.54. The second-order valence-electron chi connectivity index (χ2n) is 4.85. The van der Waals surface area contributed by atoms with Gasteiger partial charge >= 0.3 is 0 Å². The maximum Gasteiger partial charge on any atom is 0.0422 e. The van der Waals surface area contributed by atoms with Crippen molar-refractivity contribution < 1.29 is 0 Å². The van der Waals surface area contributed by atoms with E-state index in [0.29, 0.717) is 6.04 Å². The Morgan fingerprint density at radius 2 is 2.20 bits per heavy atom. The molecular formula is C13H26N2. The molecule has 0 amide bonds. The predicted octanol–water partition coefficient (Wildman–Crippen LogP) is 3.15. The summed E-state index contributed by atoms with van der Waals surface area (Å²) in [7, 11) is 0. The summed E-state index contributed by atoms with van der Waals surface area (Å²) in [4.78, 5) is 0. The highest BCUT2D eigenvalue weighted by Crippen LogP contribution is 2.23. The van der Waals surface area contributed by atoms with Crippen LogP contribution in [0.15, 0.2) is 11.6 Å². The van der Waals surface area contributed by atoms with E-state index in [0.717, 1.165) is 5.92 Å². The fourth-order valence-corrected chi connectivity index (χ4v) is 2.25. The van der Waals surface area contributed by atoms with Crippen LogP contribution in [0, 0.1) is 5.92 Å². The maximum atomic E-state index is 5.67. The van der Waals surface area contributed by atoms with E-state index >= 15 is 0 Å². The smallest absolute Gasteiger partial charge is 0.0422 e. The number of hydrogen-bond acceptors (Lipinski definition) is 2. The molecule has 0 aliphatic heterocycles. The first-order valence-electron chi connectivity index (χ1n) is 6.43. The number of nitrogens with one attached hydrogen (secondary N) is 1. The van der Waals surface area contributed by atoms with E-state index in [9.17, 15) is 0 Å². The monoisotopic (exact) mass is 210 g/mol. The van der Waals surface area contributed by atoms with E-state index in [4.69, 9.17) is 5.84 Å². The van der Waals surface area contributed by atoms with Crippen LogP contribution in [0.3, 0.4) is 0 Å². The lowest BCUT2D eigenvalue weighted by molar-refractivity contribution is 0.424. The Hall–Kier alpha value is -0.340. The SMILES string of the molecule is CCC(C)CC(NN)C1=CCCCCC1. The third-order valence-corrected chi connectivity index (χ3v) is 3.56. The first kappa shape index (κ1) is 12.7. The molecule has 3 N–H and O–H groups in total. The van der Waals surface area contributed by atoms with Crippen LogP contribution in [-0.2, 0) is 0 Å². The van der Waals surface area contributed by atoms with E-state index in [1.807, 2.05) is 0 Å². The molecule has 0 saturated heterocycles. The molecule has 0 spiro atoms. The van der Waals surface area contributed by atoms with Crippen molar-refractivity contribution in [2.24, 2.45) is 11.8 Å². The van der Waals surface area contributed by atoms with Gasteiger partial charge in [-0.1, -0.05) is 38.3 Å². The van der Waals surface area contributed by atoms with Crippen LogP contribution in [0.4, 0.5) is 0 Å². The molecule has 2 unspecified atom stereocenters. The van der Waals surface area contributed by atoms with Crippen LogP contribution < -0.4 is 11.3 Å². The highest BCUT2D eigenvalue weighted by Gasteiger charge is 2.16. The second kappa shape index (κ2) is 7.02. The minimum atomic E-state index is 0.415. The minimum absolute atomic E-state index is 0.415. The Morgan fingerprint density at radius 1 is 1.40 bits per heavy atom. The molecule has 0 heterocycles. The van der Waals surface area contributed by atoms with Crippen molar-refractivity contribution in [1.82, 2.24) is 5.43 Å².